The van der Waals surface area contributed by atoms with Gasteiger partial charge >= 0.3 is 0 Å². The van der Waals surface area contributed by atoms with Crippen molar-refractivity contribution in [2.24, 2.45) is 0 Å². The van der Waals surface area contributed by atoms with E-state index in [1.807, 2.05) is 30.3 Å². The van der Waals surface area contributed by atoms with Crippen LogP contribution in [0, 0.1) is 5.82 Å². The van der Waals surface area contributed by atoms with Gasteiger partial charge in [0.05, 0.1) is 13.2 Å². The van der Waals surface area contributed by atoms with E-state index in [0.717, 1.165) is 36.3 Å². The van der Waals surface area contributed by atoms with Crippen molar-refractivity contribution >= 4 is 0 Å². The second-order valence-electron chi connectivity index (χ2n) is 5.89. The van der Waals surface area contributed by atoms with E-state index in [-0.39, 0.29) is 17.9 Å². The molecule has 4 heteroatoms. The fourth-order valence-electron chi connectivity index (χ4n) is 3.25. The molecule has 23 heavy (non-hydrogen) atoms. The van der Waals surface area contributed by atoms with Crippen LogP contribution >= 0.6 is 0 Å². The molecule has 1 aliphatic rings. The second-order valence-corrected chi connectivity index (χ2v) is 5.89. The first-order valence-electron chi connectivity index (χ1n) is 8.12. The van der Waals surface area contributed by atoms with Crippen LogP contribution in [0.5, 0.6) is 5.75 Å². The molecule has 0 radical (unpaired) electrons. The lowest BCUT2D eigenvalue weighted by atomic mass is 9.91. The Kier molecular flexibility index (Phi) is 5.26. The second kappa shape index (κ2) is 7.57. The van der Waals surface area contributed by atoms with Gasteiger partial charge in [-0.15, -0.1) is 0 Å². The van der Waals surface area contributed by atoms with Gasteiger partial charge in [-0.3, -0.25) is 0 Å². The molecule has 0 unspecified atom stereocenters. The largest absolute Gasteiger partial charge is 0.496 e. The highest BCUT2D eigenvalue weighted by molar-refractivity contribution is 5.33. The van der Waals surface area contributed by atoms with E-state index < -0.39 is 0 Å². The molecule has 1 fully saturated rings. The minimum atomic E-state index is -0.143. The van der Waals surface area contributed by atoms with Gasteiger partial charge in [-0.05, 0) is 31.5 Å². The molecule has 0 amide bonds. The summed E-state index contributed by atoms with van der Waals surface area (Å²) in [6.07, 6.45) is 2.12. The SMILES string of the molecule is COc1ccccc1CN[C@H]1CCCN[C@H]1c1ccccc1F. The summed E-state index contributed by atoms with van der Waals surface area (Å²) in [7, 11) is 1.68. The molecule has 0 spiro atoms. The highest BCUT2D eigenvalue weighted by Gasteiger charge is 2.27. The number of hydrogen-bond acceptors (Lipinski definition) is 3. The molecular formula is C19H23FN2O. The number of methoxy groups -OCH3 is 1. The molecule has 1 saturated heterocycles. The van der Waals surface area contributed by atoms with Gasteiger partial charge < -0.3 is 15.4 Å². The van der Waals surface area contributed by atoms with E-state index in [9.17, 15) is 4.39 Å². The summed E-state index contributed by atoms with van der Waals surface area (Å²) < 4.78 is 19.5. The number of halogens is 1. The summed E-state index contributed by atoms with van der Waals surface area (Å²) in [5, 5.41) is 7.04. The maximum atomic E-state index is 14.1. The summed E-state index contributed by atoms with van der Waals surface area (Å²) >= 11 is 0. The Labute approximate surface area is 136 Å². The normalized spacial score (nSPS) is 21.1. The Balaban J connectivity index is 1.73. The summed E-state index contributed by atoms with van der Waals surface area (Å²) in [6.45, 7) is 1.63. The Hall–Kier alpha value is -1.91. The Bertz CT molecular complexity index is 647. The van der Waals surface area contributed by atoms with E-state index in [0.29, 0.717) is 6.54 Å². The molecule has 0 bridgehead atoms. The number of para-hydroxylation sites is 1. The third-order valence-corrected chi connectivity index (χ3v) is 4.45. The van der Waals surface area contributed by atoms with E-state index in [1.54, 1.807) is 13.2 Å². The molecule has 3 rings (SSSR count). The third kappa shape index (κ3) is 3.71. The summed E-state index contributed by atoms with van der Waals surface area (Å²) in [6, 6.07) is 15.2. The van der Waals surface area contributed by atoms with Crippen molar-refractivity contribution in [1.82, 2.24) is 10.6 Å². The van der Waals surface area contributed by atoms with Crippen LogP contribution in [0.4, 0.5) is 4.39 Å². The van der Waals surface area contributed by atoms with Crippen LogP contribution in [0.15, 0.2) is 48.5 Å². The van der Waals surface area contributed by atoms with Crippen LogP contribution in [-0.2, 0) is 6.54 Å². The maximum absolute atomic E-state index is 14.1. The van der Waals surface area contributed by atoms with Crippen LogP contribution in [0.25, 0.3) is 0 Å². The molecule has 2 aromatic carbocycles. The first-order chi connectivity index (χ1) is 11.3. The molecule has 0 aliphatic carbocycles. The van der Waals surface area contributed by atoms with Crippen molar-refractivity contribution in [2.75, 3.05) is 13.7 Å². The predicted molar refractivity (Wildman–Crippen MR) is 90.0 cm³/mol. The number of rotatable bonds is 5. The molecule has 122 valence electrons. The average Bonchev–Trinajstić information content (AvgIpc) is 2.61. The van der Waals surface area contributed by atoms with Crippen molar-refractivity contribution in [3.63, 3.8) is 0 Å². The van der Waals surface area contributed by atoms with Crippen LogP contribution in [-0.4, -0.2) is 19.7 Å². The fourth-order valence-corrected chi connectivity index (χ4v) is 3.25. The number of nitrogens with one attached hydrogen (secondary N) is 2. The number of hydrogen-bond donors (Lipinski definition) is 2. The Morgan fingerprint density at radius 2 is 1.96 bits per heavy atom. The summed E-state index contributed by atoms with van der Waals surface area (Å²) in [5.74, 6) is 0.738. The lowest BCUT2D eigenvalue weighted by Crippen LogP contribution is -2.46. The monoisotopic (exact) mass is 314 g/mol. The van der Waals surface area contributed by atoms with Gasteiger partial charge in [0.2, 0.25) is 0 Å². The molecule has 2 aromatic rings. The van der Waals surface area contributed by atoms with Crippen LogP contribution in [0.3, 0.4) is 0 Å². The zero-order chi connectivity index (χ0) is 16.1. The van der Waals surface area contributed by atoms with E-state index in [2.05, 4.69) is 16.7 Å². The van der Waals surface area contributed by atoms with E-state index in [4.69, 9.17) is 4.74 Å². The predicted octanol–water partition coefficient (Wildman–Crippen LogP) is 3.42. The van der Waals surface area contributed by atoms with Gasteiger partial charge in [-0.1, -0.05) is 36.4 Å². The van der Waals surface area contributed by atoms with Gasteiger partial charge in [0.1, 0.15) is 11.6 Å². The molecule has 2 N–H and O–H groups in total. The van der Waals surface area contributed by atoms with Crippen LogP contribution in [0.2, 0.25) is 0 Å². The molecule has 1 heterocycles. The molecular weight excluding hydrogens is 291 g/mol. The molecule has 1 aliphatic heterocycles. The van der Waals surface area contributed by atoms with Gasteiger partial charge in [-0.2, -0.15) is 0 Å². The highest BCUT2D eigenvalue weighted by atomic mass is 19.1. The smallest absolute Gasteiger partial charge is 0.128 e. The van der Waals surface area contributed by atoms with Crippen LogP contribution in [0.1, 0.15) is 30.0 Å². The average molecular weight is 314 g/mol. The third-order valence-electron chi connectivity index (χ3n) is 4.45. The molecule has 3 nitrogen and oxygen atoms in total. The Morgan fingerprint density at radius 1 is 1.17 bits per heavy atom. The van der Waals surface area contributed by atoms with Crippen molar-refractivity contribution in [2.45, 2.75) is 31.5 Å². The minimum absolute atomic E-state index is 0.000317. The first-order valence-corrected chi connectivity index (χ1v) is 8.12. The van der Waals surface area contributed by atoms with Gasteiger partial charge in [-0.25, -0.2) is 4.39 Å². The summed E-state index contributed by atoms with van der Waals surface area (Å²) in [4.78, 5) is 0. The number of piperidine rings is 1. The molecule has 0 aromatic heterocycles. The minimum Gasteiger partial charge on any atom is -0.496 e. The highest BCUT2D eigenvalue weighted by Crippen LogP contribution is 2.26. The maximum Gasteiger partial charge on any atom is 0.128 e. The number of benzene rings is 2. The quantitative estimate of drug-likeness (QED) is 0.887. The Morgan fingerprint density at radius 3 is 2.78 bits per heavy atom. The number of ether oxygens (including phenoxy) is 1. The van der Waals surface area contributed by atoms with Gasteiger partial charge in [0, 0.05) is 23.7 Å². The summed E-state index contributed by atoms with van der Waals surface area (Å²) in [5.41, 5.74) is 1.86. The van der Waals surface area contributed by atoms with Crippen molar-refractivity contribution in [3.8, 4) is 5.75 Å². The van der Waals surface area contributed by atoms with Gasteiger partial charge in [0.25, 0.3) is 0 Å². The van der Waals surface area contributed by atoms with Crippen LogP contribution < -0.4 is 15.4 Å². The van der Waals surface area contributed by atoms with Crippen molar-refractivity contribution in [3.05, 3.63) is 65.5 Å². The fraction of sp³-hybridized carbons (Fsp3) is 0.368. The topological polar surface area (TPSA) is 33.3 Å². The van der Waals surface area contributed by atoms with E-state index >= 15 is 0 Å². The zero-order valence-corrected chi connectivity index (χ0v) is 13.4. The lowest BCUT2D eigenvalue weighted by Gasteiger charge is -2.34. The standard InChI is InChI=1S/C19H23FN2O/c1-23-18-11-5-2-7-14(18)13-22-17-10-6-12-21-19(17)15-8-3-4-9-16(15)20/h2-5,7-9,11,17,19,21-22H,6,10,12-13H2,1H3/t17-,19-/m0/s1. The molecule has 0 saturated carbocycles. The van der Waals surface area contributed by atoms with E-state index in [1.165, 1.54) is 6.07 Å². The zero-order valence-electron chi connectivity index (χ0n) is 13.4. The first kappa shape index (κ1) is 16.0. The van der Waals surface area contributed by atoms with Gasteiger partial charge in [0.15, 0.2) is 0 Å². The van der Waals surface area contributed by atoms with Crippen molar-refractivity contribution < 1.29 is 9.13 Å². The lowest BCUT2D eigenvalue weighted by molar-refractivity contribution is 0.297. The van der Waals surface area contributed by atoms with Crippen molar-refractivity contribution in [1.29, 1.82) is 0 Å². The molecule has 2 atom stereocenters.